The van der Waals surface area contributed by atoms with E-state index in [9.17, 15) is 72.5 Å². The second-order valence-corrected chi connectivity index (χ2v) is 34.4. The van der Waals surface area contributed by atoms with Crippen molar-refractivity contribution < 1.29 is 120 Å². The number of carbonyl (C=O) groups excluding carboxylic acids is 17. The molecular formula is C80H134N16O25. The van der Waals surface area contributed by atoms with Crippen LogP contribution in [0.5, 0.6) is 0 Å². The first-order valence-corrected chi connectivity index (χ1v) is 40.7. The number of esters is 1. The summed E-state index contributed by atoms with van der Waals surface area (Å²) in [4.78, 5) is 240. The van der Waals surface area contributed by atoms with Gasteiger partial charge in [-0.3, -0.25) is 57.5 Å². The molecule has 0 radical (unpaired) electrons. The molecule has 0 aliphatic carbocycles. The Bertz CT molecular complexity index is 3640. The van der Waals surface area contributed by atoms with Crippen molar-refractivity contribution in [3.8, 4) is 0 Å². The van der Waals surface area contributed by atoms with Gasteiger partial charge in [0, 0.05) is 52.1 Å². The number of ether oxygens (including phenoxy) is 6. The van der Waals surface area contributed by atoms with E-state index in [1.165, 1.54) is 6.92 Å². The van der Waals surface area contributed by atoms with Gasteiger partial charge in [-0.2, -0.15) is 0 Å². The Kier molecular flexibility index (Phi) is 44.2. The van der Waals surface area contributed by atoms with Crippen LogP contribution in [0.3, 0.4) is 0 Å². The van der Waals surface area contributed by atoms with E-state index in [0.717, 1.165) is 13.8 Å². The molecule has 121 heavy (non-hydrogen) atoms. The fourth-order valence-corrected chi connectivity index (χ4v) is 11.1. The van der Waals surface area contributed by atoms with Crippen molar-refractivity contribution in [3.05, 3.63) is 35.9 Å². The van der Waals surface area contributed by atoms with Crippen LogP contribution in [0.15, 0.2) is 30.3 Å². The fraction of sp³-hybridized carbons (Fsp3) is 0.713. The summed E-state index contributed by atoms with van der Waals surface area (Å²) in [5.41, 5.74) is -4.59. The molecule has 14 atom stereocenters. The summed E-state index contributed by atoms with van der Waals surface area (Å²) in [6, 6.07) is -9.72. The lowest BCUT2D eigenvalue weighted by Gasteiger charge is -2.29. The van der Waals surface area contributed by atoms with Gasteiger partial charge in [0.15, 0.2) is 0 Å². The fourth-order valence-electron chi connectivity index (χ4n) is 11.1. The average Bonchev–Trinajstić information content (AvgIpc) is 1.40. The molecule has 4 unspecified atom stereocenters. The molecule has 0 aromatic heterocycles. The highest BCUT2D eigenvalue weighted by atomic mass is 16.6. The van der Waals surface area contributed by atoms with Crippen LogP contribution in [0.2, 0.25) is 0 Å². The predicted molar refractivity (Wildman–Crippen MR) is 439 cm³/mol. The summed E-state index contributed by atoms with van der Waals surface area (Å²) < 4.78 is 32.3. The number of carbonyl (C=O) groups is 17. The van der Waals surface area contributed by atoms with Crippen LogP contribution in [-0.2, 0) is 92.4 Å². The highest BCUT2D eigenvalue weighted by molar-refractivity contribution is 6.00. The Morgan fingerprint density at radius 1 is 0.446 bits per heavy atom. The van der Waals surface area contributed by atoms with E-state index in [1.54, 1.807) is 155 Å². The summed E-state index contributed by atoms with van der Waals surface area (Å²) in [5.74, 6) is -14.1. The van der Waals surface area contributed by atoms with E-state index < -0.39 is 279 Å². The highest BCUT2D eigenvalue weighted by Gasteiger charge is 2.40. The summed E-state index contributed by atoms with van der Waals surface area (Å²) in [6.07, 6.45) is -12.2. The van der Waals surface area contributed by atoms with Crippen LogP contribution in [-0.4, -0.2) is 258 Å². The third-order valence-electron chi connectivity index (χ3n) is 17.1. The Balaban J connectivity index is 3.11. The number of alkyl carbamates (subject to hydrolysis) is 5. The van der Waals surface area contributed by atoms with Crippen LogP contribution in [0, 0.1) is 5.92 Å². The maximum atomic E-state index is 15.4. The van der Waals surface area contributed by atoms with Gasteiger partial charge in [-0.05, 0) is 182 Å². The number of benzene rings is 1. The molecule has 16 amide bonds. The number of rotatable bonds is 33. The van der Waals surface area contributed by atoms with Gasteiger partial charge in [-0.1, -0.05) is 57.5 Å². The molecular weight excluding hydrogens is 1580 g/mol. The van der Waals surface area contributed by atoms with Gasteiger partial charge in [-0.25, -0.2) is 24.0 Å². The summed E-state index contributed by atoms with van der Waals surface area (Å²) in [5, 5.41) is 62.6. The van der Waals surface area contributed by atoms with Gasteiger partial charge in [0.05, 0.1) is 24.2 Å². The molecule has 41 nitrogen and oxygen atoms in total. The highest BCUT2D eigenvalue weighted by Crippen LogP contribution is 2.16. The largest absolute Gasteiger partial charge is 0.462 e. The zero-order valence-electron chi connectivity index (χ0n) is 73.8. The molecule has 1 saturated heterocycles. The lowest BCUT2D eigenvalue weighted by atomic mass is 10.0. The molecule has 1 heterocycles. The molecule has 684 valence electrons. The van der Waals surface area contributed by atoms with Gasteiger partial charge in [0.2, 0.25) is 65.0 Å². The minimum atomic E-state index is -2.03. The maximum absolute atomic E-state index is 15.4. The van der Waals surface area contributed by atoms with Crippen molar-refractivity contribution in [1.82, 2.24) is 85.1 Å². The molecule has 1 aliphatic rings. The molecule has 1 aromatic carbocycles. The summed E-state index contributed by atoms with van der Waals surface area (Å²) >= 11 is 0. The van der Waals surface area contributed by atoms with Crippen molar-refractivity contribution in [2.75, 3.05) is 39.3 Å². The molecule has 1 fully saturated rings. The smallest absolute Gasteiger partial charge is 0.407 e. The number of aliphatic hydroxyl groups is 2. The van der Waals surface area contributed by atoms with E-state index in [1.807, 2.05) is 0 Å². The number of aliphatic hydroxyl groups excluding tert-OH is 2. The first kappa shape index (κ1) is 106. The standard InChI is InChI=1S/C80H134N16O25/c1-22-27-49-60(100)89-52(32-38-83-72(112)118-77(10,11)12)62(102)92-55(35-41-86-75(115)121-80(19,20)21)66(106)95-58(46(5)97)68(108)81-36-30-51(61(101)91-53(33-39-84-73(113)119-78(13,14)15)64(104)94-56(67(107)88-49)43-48-28-25-24-26-29-48)90-63(103)54(34-40-85-74(114)120-79(16,17)18)93-69(109)59(47(6)98)96-65(105)50(31-37-82-71(111)117-76(7,8)9)87-57(99)42-44(3)70(110)116-45(4)23-2/h24-26,28-29,44-47,49-56,58-59,97-98H,22-23,27,30-43H2,1-21H3,(H,81,108)(H,82,111)(H,83,112)(H,84,113)(H,85,114)(H,86,115)(H,87,99)(H,88,107)(H,89,100)(H,90,103)(H,91,101)(H,92,102)(H,93,109)(H,94,104)(H,95,106)(H,96,105)/t44?,45?,46?,47?,49-,50-,51-,52-,53-,54-,55-,56+,58-,59-/m0/s1. The van der Waals surface area contributed by atoms with Crippen LogP contribution < -0.4 is 85.1 Å². The maximum Gasteiger partial charge on any atom is 0.407 e. The van der Waals surface area contributed by atoms with Crippen molar-refractivity contribution in [2.24, 2.45) is 5.92 Å². The third kappa shape index (κ3) is 44.8. The van der Waals surface area contributed by atoms with E-state index in [4.69, 9.17) is 28.4 Å². The first-order valence-electron chi connectivity index (χ1n) is 40.7. The lowest BCUT2D eigenvalue weighted by molar-refractivity contribution is -0.154. The van der Waals surface area contributed by atoms with Gasteiger partial charge in [0.1, 0.15) is 88.4 Å². The molecule has 0 spiro atoms. The van der Waals surface area contributed by atoms with E-state index in [0.29, 0.717) is 12.0 Å². The molecule has 1 aliphatic heterocycles. The number of hydrogen-bond acceptors (Lipinski definition) is 25. The Morgan fingerprint density at radius 2 is 0.818 bits per heavy atom. The van der Waals surface area contributed by atoms with Gasteiger partial charge < -0.3 is 124 Å². The molecule has 0 bridgehead atoms. The van der Waals surface area contributed by atoms with Crippen molar-refractivity contribution in [2.45, 2.75) is 323 Å². The molecule has 18 N–H and O–H groups in total. The Hall–Kier alpha value is -10.9. The topological polar surface area (TPSA) is 579 Å². The Labute approximate surface area is 707 Å². The number of hydrogen-bond donors (Lipinski definition) is 18. The van der Waals surface area contributed by atoms with Crippen molar-refractivity contribution in [3.63, 3.8) is 0 Å². The van der Waals surface area contributed by atoms with Gasteiger partial charge in [0.25, 0.3) is 0 Å². The third-order valence-corrected chi connectivity index (χ3v) is 17.1. The van der Waals surface area contributed by atoms with E-state index in [-0.39, 0.29) is 38.8 Å². The number of nitrogens with one attached hydrogen (secondary N) is 16. The minimum absolute atomic E-state index is 0.122. The molecule has 1 aromatic rings. The average molecular weight is 1720 g/mol. The first-order chi connectivity index (χ1) is 56.0. The Morgan fingerprint density at radius 3 is 1.21 bits per heavy atom. The van der Waals surface area contributed by atoms with Crippen LogP contribution in [0.25, 0.3) is 0 Å². The molecule has 41 heteroatoms. The van der Waals surface area contributed by atoms with E-state index >= 15 is 19.2 Å². The minimum Gasteiger partial charge on any atom is -0.462 e. The second-order valence-electron chi connectivity index (χ2n) is 34.4. The SMILES string of the molecule is CCC[C@@H]1NC(=O)[C@@H](Cc2ccccc2)NC(=O)[C@H](CCNC(=O)OC(C)(C)C)NC(=O)[C@@H](NC(=O)[C@H](CCNC(=O)OC(C)(C)C)NC(=O)[C@@H](NC(=O)[C@H](CCNC(=O)OC(C)(C)C)NC(=O)CC(C)C(=O)OC(C)CC)C(C)O)CCNC(=O)[C@H](C(C)O)NC(=O)[C@H](CCNC(=O)OC(C)(C)C)NC(=O)[C@H](CCNC(=O)OC(C)(C)C)NC1=O. The van der Waals surface area contributed by atoms with E-state index in [2.05, 4.69) is 85.1 Å². The zero-order chi connectivity index (χ0) is 92.1. The van der Waals surface area contributed by atoms with Crippen molar-refractivity contribution in [1.29, 1.82) is 0 Å². The normalized spacial score (nSPS) is 20.1. The monoisotopic (exact) mass is 1720 g/mol. The predicted octanol–water partition coefficient (Wildman–Crippen LogP) is 1.10. The lowest BCUT2D eigenvalue weighted by Crippen LogP contribution is -2.62. The summed E-state index contributed by atoms with van der Waals surface area (Å²) in [6.45, 7) is 29.7. The summed E-state index contributed by atoms with van der Waals surface area (Å²) in [7, 11) is 0. The zero-order valence-corrected chi connectivity index (χ0v) is 73.8. The van der Waals surface area contributed by atoms with Crippen LogP contribution in [0.1, 0.15) is 215 Å². The van der Waals surface area contributed by atoms with Crippen LogP contribution in [0.4, 0.5) is 24.0 Å². The van der Waals surface area contributed by atoms with Gasteiger partial charge in [-0.15, -0.1) is 0 Å². The van der Waals surface area contributed by atoms with Gasteiger partial charge >= 0.3 is 36.4 Å². The van der Waals surface area contributed by atoms with Crippen molar-refractivity contribution >= 4 is 101 Å². The quantitative estimate of drug-likeness (QED) is 0.0346. The second kappa shape index (κ2) is 50.4. The van der Waals surface area contributed by atoms with Crippen LogP contribution >= 0.6 is 0 Å². The molecule has 0 saturated carbocycles. The number of amides is 16. The molecule has 2 rings (SSSR count).